The van der Waals surface area contributed by atoms with Crippen LogP contribution < -0.4 is 20.5 Å². The summed E-state index contributed by atoms with van der Waals surface area (Å²) in [6.07, 6.45) is 0.372. The molecule has 3 aromatic carbocycles. The Morgan fingerprint density at radius 1 is 1.00 bits per heavy atom. The first-order chi connectivity index (χ1) is 15.5. The van der Waals surface area contributed by atoms with E-state index in [2.05, 4.69) is 5.32 Å². The Kier molecular flexibility index (Phi) is 6.26. The molecule has 0 radical (unpaired) electrons. The highest BCUT2D eigenvalue weighted by Crippen LogP contribution is 2.33. The fourth-order valence-corrected chi connectivity index (χ4v) is 3.73. The number of nitrogens with zero attached hydrogens (tertiary/aromatic N) is 1. The summed E-state index contributed by atoms with van der Waals surface area (Å²) < 4.78 is 10.6. The van der Waals surface area contributed by atoms with Crippen LogP contribution in [-0.4, -0.2) is 37.0 Å². The molecule has 0 aliphatic carbocycles. The minimum Gasteiger partial charge on any atom is -0.497 e. The number of para-hydroxylation sites is 1. The van der Waals surface area contributed by atoms with Gasteiger partial charge in [0.2, 0.25) is 0 Å². The number of methoxy groups -OCH3 is 1. The summed E-state index contributed by atoms with van der Waals surface area (Å²) in [5.74, 6) is 0.789. The number of anilines is 1. The molecule has 0 saturated carbocycles. The average Bonchev–Trinajstić information content (AvgIpc) is 2.83. The van der Waals surface area contributed by atoms with Crippen molar-refractivity contribution < 1.29 is 19.1 Å². The molecule has 3 N–H and O–H groups in total. The number of nitrogens with one attached hydrogen (secondary N) is 1. The summed E-state index contributed by atoms with van der Waals surface area (Å²) in [5.41, 5.74) is 8.62. The smallest absolute Gasteiger partial charge is 0.257 e. The number of carbonyl (C=O) groups is 2. The van der Waals surface area contributed by atoms with Gasteiger partial charge in [0.1, 0.15) is 17.7 Å². The zero-order valence-electron chi connectivity index (χ0n) is 17.8. The van der Waals surface area contributed by atoms with E-state index in [1.54, 1.807) is 19.2 Å². The predicted molar refractivity (Wildman–Crippen MR) is 122 cm³/mol. The normalized spacial score (nSPS) is 15.0. The lowest BCUT2D eigenvalue weighted by Crippen LogP contribution is -2.43. The quantitative estimate of drug-likeness (QED) is 0.570. The molecule has 3 aromatic rings. The fourth-order valence-electron chi connectivity index (χ4n) is 3.73. The summed E-state index contributed by atoms with van der Waals surface area (Å²) in [6.45, 7) is 0.359. The van der Waals surface area contributed by atoms with Crippen LogP contribution in [0.1, 0.15) is 27.7 Å². The third kappa shape index (κ3) is 4.67. The van der Waals surface area contributed by atoms with Crippen LogP contribution in [0.2, 0.25) is 0 Å². The standard InChI is InChI=1S/C25H25N3O4/c1-31-19-10-6-17(7-11-19)14-15-28-24(27-22-5-3-2-4-21(22)25(28)30)18-8-12-20(13-9-18)32-16-23(26)29/h2-13,24,27H,14-16H2,1H3,(H2,26,29)/t24-/m1/s1. The second kappa shape index (κ2) is 9.43. The summed E-state index contributed by atoms with van der Waals surface area (Å²) in [7, 11) is 1.64. The molecule has 32 heavy (non-hydrogen) atoms. The maximum atomic E-state index is 13.4. The number of fused-ring (bicyclic) bond motifs is 1. The van der Waals surface area contributed by atoms with Crippen molar-refractivity contribution in [2.45, 2.75) is 12.6 Å². The highest BCUT2D eigenvalue weighted by Gasteiger charge is 2.32. The van der Waals surface area contributed by atoms with Crippen LogP contribution in [0.5, 0.6) is 11.5 Å². The first kappa shape index (κ1) is 21.2. The molecular weight excluding hydrogens is 406 g/mol. The Hall–Kier alpha value is -4.00. The monoisotopic (exact) mass is 431 g/mol. The molecule has 0 saturated heterocycles. The van der Waals surface area contributed by atoms with E-state index in [1.165, 1.54) is 0 Å². The molecule has 2 amide bonds. The molecule has 0 aromatic heterocycles. The number of hydrogen-bond donors (Lipinski definition) is 2. The average molecular weight is 431 g/mol. The maximum absolute atomic E-state index is 13.4. The molecule has 1 atom stereocenters. The van der Waals surface area contributed by atoms with E-state index < -0.39 is 5.91 Å². The number of rotatable bonds is 8. The van der Waals surface area contributed by atoms with Crippen molar-refractivity contribution in [2.24, 2.45) is 5.73 Å². The third-order valence-corrected chi connectivity index (χ3v) is 5.40. The number of hydrogen-bond acceptors (Lipinski definition) is 5. The topological polar surface area (TPSA) is 93.9 Å². The summed E-state index contributed by atoms with van der Waals surface area (Å²) in [4.78, 5) is 26.1. The number of carbonyl (C=O) groups excluding carboxylic acids is 2. The van der Waals surface area contributed by atoms with E-state index in [0.29, 0.717) is 24.3 Å². The third-order valence-electron chi connectivity index (χ3n) is 5.40. The van der Waals surface area contributed by atoms with Gasteiger partial charge in [-0.2, -0.15) is 0 Å². The highest BCUT2D eigenvalue weighted by molar-refractivity contribution is 6.01. The summed E-state index contributed by atoms with van der Waals surface area (Å²) >= 11 is 0. The number of ether oxygens (including phenoxy) is 2. The Morgan fingerprint density at radius 3 is 2.38 bits per heavy atom. The molecular formula is C25H25N3O4. The van der Waals surface area contributed by atoms with Crippen molar-refractivity contribution in [1.82, 2.24) is 4.90 Å². The number of benzene rings is 3. The van der Waals surface area contributed by atoms with Gasteiger partial charge in [-0.3, -0.25) is 9.59 Å². The number of nitrogens with two attached hydrogens (primary N) is 1. The molecule has 1 heterocycles. The van der Waals surface area contributed by atoms with Crippen molar-refractivity contribution >= 4 is 17.5 Å². The Labute approximate surface area is 186 Å². The molecule has 4 rings (SSSR count). The Balaban J connectivity index is 1.57. The van der Waals surface area contributed by atoms with Gasteiger partial charge in [0.05, 0.1) is 12.7 Å². The fraction of sp³-hybridized carbons (Fsp3) is 0.200. The highest BCUT2D eigenvalue weighted by atomic mass is 16.5. The minimum atomic E-state index is -0.532. The Bertz CT molecular complexity index is 1100. The van der Waals surface area contributed by atoms with Gasteiger partial charge in [-0.05, 0) is 53.9 Å². The second-order valence-corrected chi connectivity index (χ2v) is 7.51. The molecule has 0 fully saturated rings. The van der Waals surface area contributed by atoms with Crippen LogP contribution in [-0.2, 0) is 11.2 Å². The lowest BCUT2D eigenvalue weighted by molar-refractivity contribution is -0.119. The lowest BCUT2D eigenvalue weighted by atomic mass is 10.0. The van der Waals surface area contributed by atoms with Gasteiger partial charge in [0.15, 0.2) is 6.61 Å². The summed E-state index contributed by atoms with van der Waals surface area (Å²) in [5, 5.41) is 3.49. The van der Waals surface area contributed by atoms with E-state index in [9.17, 15) is 9.59 Å². The number of amides is 2. The van der Waals surface area contributed by atoms with E-state index in [4.69, 9.17) is 15.2 Å². The molecule has 0 spiro atoms. The van der Waals surface area contributed by atoms with E-state index in [0.717, 1.165) is 22.6 Å². The largest absolute Gasteiger partial charge is 0.497 e. The predicted octanol–water partition coefficient (Wildman–Crippen LogP) is 3.37. The van der Waals surface area contributed by atoms with Crippen molar-refractivity contribution in [2.75, 3.05) is 25.6 Å². The van der Waals surface area contributed by atoms with Crippen LogP contribution in [0.25, 0.3) is 0 Å². The molecule has 7 heteroatoms. The molecule has 0 unspecified atom stereocenters. The SMILES string of the molecule is COc1ccc(CCN2C(=O)c3ccccc3N[C@H]2c2ccc(OCC(N)=O)cc2)cc1. The Morgan fingerprint density at radius 2 is 1.69 bits per heavy atom. The number of primary amides is 1. The zero-order chi connectivity index (χ0) is 22.5. The molecule has 164 valence electrons. The van der Waals surface area contributed by atoms with Crippen LogP contribution in [0.15, 0.2) is 72.8 Å². The van der Waals surface area contributed by atoms with Gasteiger partial charge in [-0.1, -0.05) is 36.4 Å². The van der Waals surface area contributed by atoms with Gasteiger partial charge in [-0.25, -0.2) is 0 Å². The van der Waals surface area contributed by atoms with E-state index >= 15 is 0 Å². The van der Waals surface area contributed by atoms with Gasteiger partial charge in [0, 0.05) is 12.2 Å². The van der Waals surface area contributed by atoms with Gasteiger partial charge in [-0.15, -0.1) is 0 Å². The van der Waals surface area contributed by atoms with Crippen molar-refractivity contribution in [1.29, 1.82) is 0 Å². The second-order valence-electron chi connectivity index (χ2n) is 7.51. The first-order valence-corrected chi connectivity index (χ1v) is 10.4. The van der Waals surface area contributed by atoms with E-state index in [1.807, 2.05) is 65.6 Å². The van der Waals surface area contributed by atoms with Crippen molar-refractivity contribution in [3.05, 3.63) is 89.5 Å². The molecule has 1 aliphatic heterocycles. The minimum absolute atomic E-state index is 0.0214. The first-order valence-electron chi connectivity index (χ1n) is 10.4. The van der Waals surface area contributed by atoms with Crippen LogP contribution in [0, 0.1) is 0 Å². The van der Waals surface area contributed by atoms with Crippen LogP contribution in [0.3, 0.4) is 0 Å². The van der Waals surface area contributed by atoms with E-state index in [-0.39, 0.29) is 18.7 Å². The van der Waals surface area contributed by atoms with Crippen molar-refractivity contribution in [3.63, 3.8) is 0 Å². The molecule has 0 bridgehead atoms. The molecule has 7 nitrogen and oxygen atoms in total. The summed E-state index contributed by atoms with van der Waals surface area (Å²) in [6, 6.07) is 22.7. The maximum Gasteiger partial charge on any atom is 0.257 e. The van der Waals surface area contributed by atoms with Crippen LogP contribution in [0.4, 0.5) is 5.69 Å². The lowest BCUT2D eigenvalue weighted by Gasteiger charge is -2.38. The van der Waals surface area contributed by atoms with Gasteiger partial charge >= 0.3 is 0 Å². The van der Waals surface area contributed by atoms with Crippen molar-refractivity contribution in [3.8, 4) is 11.5 Å². The zero-order valence-corrected chi connectivity index (χ0v) is 17.8. The molecule has 1 aliphatic rings. The van der Waals surface area contributed by atoms with Crippen LogP contribution >= 0.6 is 0 Å². The van der Waals surface area contributed by atoms with Gasteiger partial charge < -0.3 is 25.4 Å². The van der Waals surface area contributed by atoms with Gasteiger partial charge in [0.25, 0.3) is 11.8 Å².